The van der Waals surface area contributed by atoms with Gasteiger partial charge in [-0.25, -0.2) is 9.97 Å². The van der Waals surface area contributed by atoms with E-state index in [2.05, 4.69) is 20.3 Å². The topological polar surface area (TPSA) is 67.8 Å². The third-order valence-electron chi connectivity index (χ3n) is 2.04. The van der Waals surface area contributed by atoms with E-state index < -0.39 is 0 Å². The number of hydrogen-bond acceptors (Lipinski definition) is 5. The van der Waals surface area contributed by atoms with Gasteiger partial charge >= 0.3 is 0 Å². The highest BCUT2D eigenvalue weighted by molar-refractivity contribution is 7.15. The van der Waals surface area contributed by atoms with Gasteiger partial charge in [-0.05, 0) is 13.8 Å². The van der Waals surface area contributed by atoms with Crippen LogP contribution in [0, 0.1) is 13.8 Å². The summed E-state index contributed by atoms with van der Waals surface area (Å²) in [6.07, 6.45) is 4.42. The molecule has 2 heterocycles. The van der Waals surface area contributed by atoms with E-state index in [1.54, 1.807) is 0 Å². The van der Waals surface area contributed by atoms with Crippen molar-refractivity contribution >= 4 is 22.4 Å². The second-order valence-electron chi connectivity index (χ2n) is 3.21. The van der Waals surface area contributed by atoms with Crippen molar-refractivity contribution in [2.75, 3.05) is 5.32 Å². The molecule has 0 fully saturated rings. The SMILES string of the molecule is Cc1nc(NC(=O)c2cnccn2)sc1C. The smallest absolute Gasteiger partial charge is 0.277 e. The van der Waals surface area contributed by atoms with E-state index in [9.17, 15) is 4.79 Å². The Labute approximate surface area is 96.6 Å². The number of aryl methyl sites for hydroxylation is 2. The third kappa shape index (κ3) is 2.22. The summed E-state index contributed by atoms with van der Waals surface area (Å²) in [6.45, 7) is 3.87. The van der Waals surface area contributed by atoms with Gasteiger partial charge in [0.05, 0.1) is 11.9 Å². The van der Waals surface area contributed by atoms with E-state index in [0.717, 1.165) is 10.6 Å². The highest BCUT2D eigenvalue weighted by atomic mass is 32.1. The number of hydrogen-bond donors (Lipinski definition) is 1. The van der Waals surface area contributed by atoms with Crippen molar-refractivity contribution < 1.29 is 4.79 Å². The molecule has 1 amide bonds. The lowest BCUT2D eigenvalue weighted by atomic mass is 10.4. The first-order chi connectivity index (χ1) is 7.66. The molecule has 0 atom stereocenters. The predicted octanol–water partition coefficient (Wildman–Crippen LogP) is 1.80. The van der Waals surface area contributed by atoms with E-state index in [-0.39, 0.29) is 11.6 Å². The maximum atomic E-state index is 11.7. The molecule has 16 heavy (non-hydrogen) atoms. The predicted molar refractivity (Wildman–Crippen MR) is 61.6 cm³/mol. The average molecular weight is 234 g/mol. The number of aromatic nitrogens is 3. The number of rotatable bonds is 2. The fourth-order valence-electron chi connectivity index (χ4n) is 1.10. The van der Waals surface area contributed by atoms with Crippen molar-refractivity contribution in [1.29, 1.82) is 0 Å². The van der Waals surface area contributed by atoms with Crippen LogP contribution in [-0.4, -0.2) is 20.9 Å². The number of nitrogens with one attached hydrogen (secondary N) is 1. The maximum Gasteiger partial charge on any atom is 0.277 e. The summed E-state index contributed by atoms with van der Waals surface area (Å²) in [5, 5.41) is 3.27. The number of thiazole rings is 1. The van der Waals surface area contributed by atoms with Gasteiger partial charge in [0.15, 0.2) is 5.13 Å². The number of nitrogens with zero attached hydrogens (tertiary/aromatic N) is 3. The van der Waals surface area contributed by atoms with Crippen molar-refractivity contribution in [2.24, 2.45) is 0 Å². The lowest BCUT2D eigenvalue weighted by Crippen LogP contribution is -2.13. The Hall–Kier alpha value is -1.82. The standard InChI is InChI=1S/C10H10N4OS/c1-6-7(2)16-10(13-6)14-9(15)8-5-11-3-4-12-8/h3-5H,1-2H3,(H,13,14,15). The average Bonchev–Trinajstić information content (AvgIpc) is 2.59. The molecule has 0 saturated carbocycles. The molecule has 0 unspecified atom stereocenters. The molecular formula is C10H10N4OS. The monoisotopic (exact) mass is 234 g/mol. The van der Waals surface area contributed by atoms with Gasteiger partial charge in [0.1, 0.15) is 5.69 Å². The van der Waals surface area contributed by atoms with E-state index in [1.807, 2.05) is 13.8 Å². The van der Waals surface area contributed by atoms with Gasteiger partial charge in [-0.1, -0.05) is 0 Å². The Kier molecular flexibility index (Phi) is 2.91. The first kappa shape index (κ1) is 10.7. The van der Waals surface area contributed by atoms with Crippen LogP contribution in [0.25, 0.3) is 0 Å². The molecule has 2 rings (SSSR count). The van der Waals surface area contributed by atoms with Gasteiger partial charge in [-0.3, -0.25) is 15.1 Å². The first-order valence-corrected chi connectivity index (χ1v) is 5.50. The van der Waals surface area contributed by atoms with Gasteiger partial charge in [-0.15, -0.1) is 11.3 Å². The van der Waals surface area contributed by atoms with Gasteiger partial charge in [-0.2, -0.15) is 0 Å². The molecule has 0 radical (unpaired) electrons. The molecule has 0 aliphatic heterocycles. The Morgan fingerprint density at radius 2 is 2.19 bits per heavy atom. The minimum atomic E-state index is -0.290. The maximum absolute atomic E-state index is 11.7. The summed E-state index contributed by atoms with van der Waals surface area (Å²) in [7, 11) is 0. The zero-order chi connectivity index (χ0) is 11.5. The molecule has 0 spiro atoms. The molecule has 1 N–H and O–H groups in total. The van der Waals surface area contributed by atoms with Crippen LogP contribution in [0.2, 0.25) is 0 Å². The summed E-state index contributed by atoms with van der Waals surface area (Å²) < 4.78 is 0. The minimum Gasteiger partial charge on any atom is -0.296 e. The molecule has 2 aromatic heterocycles. The summed E-state index contributed by atoms with van der Waals surface area (Å²) in [4.78, 5) is 24.7. The molecule has 5 nitrogen and oxygen atoms in total. The molecule has 2 aromatic rings. The second kappa shape index (κ2) is 4.36. The molecule has 0 aromatic carbocycles. The Bertz CT molecular complexity index is 489. The highest BCUT2D eigenvalue weighted by Gasteiger charge is 2.10. The molecule has 0 aliphatic carbocycles. The largest absolute Gasteiger partial charge is 0.296 e. The van der Waals surface area contributed by atoms with Crippen molar-refractivity contribution in [3.8, 4) is 0 Å². The van der Waals surface area contributed by atoms with E-state index >= 15 is 0 Å². The van der Waals surface area contributed by atoms with E-state index in [0.29, 0.717) is 5.13 Å². The molecular weight excluding hydrogens is 224 g/mol. The van der Waals surface area contributed by atoms with Crippen LogP contribution in [0.3, 0.4) is 0 Å². The van der Waals surface area contributed by atoms with Gasteiger partial charge in [0, 0.05) is 17.3 Å². The van der Waals surface area contributed by atoms with Crippen LogP contribution in [0.4, 0.5) is 5.13 Å². The van der Waals surface area contributed by atoms with Crippen molar-refractivity contribution in [1.82, 2.24) is 15.0 Å². The Morgan fingerprint density at radius 1 is 1.38 bits per heavy atom. The Morgan fingerprint density at radius 3 is 2.75 bits per heavy atom. The van der Waals surface area contributed by atoms with Gasteiger partial charge < -0.3 is 0 Å². The molecule has 0 saturated heterocycles. The number of carbonyl (C=O) groups excluding carboxylic acids is 1. The fourth-order valence-corrected chi connectivity index (χ4v) is 1.91. The van der Waals surface area contributed by atoms with E-state index in [1.165, 1.54) is 29.9 Å². The normalized spacial score (nSPS) is 10.1. The highest BCUT2D eigenvalue weighted by Crippen LogP contribution is 2.21. The summed E-state index contributed by atoms with van der Waals surface area (Å²) in [5.74, 6) is -0.290. The van der Waals surface area contributed by atoms with Crippen LogP contribution in [0.15, 0.2) is 18.6 Å². The minimum absolute atomic E-state index is 0.285. The number of amides is 1. The van der Waals surface area contributed by atoms with Crippen LogP contribution >= 0.6 is 11.3 Å². The van der Waals surface area contributed by atoms with Gasteiger partial charge in [0.2, 0.25) is 0 Å². The Balaban J connectivity index is 2.14. The number of carbonyl (C=O) groups is 1. The summed E-state index contributed by atoms with van der Waals surface area (Å²) in [6, 6.07) is 0. The zero-order valence-electron chi connectivity index (χ0n) is 8.89. The fraction of sp³-hybridized carbons (Fsp3) is 0.200. The lowest BCUT2D eigenvalue weighted by molar-refractivity contribution is 0.102. The third-order valence-corrected chi connectivity index (χ3v) is 3.03. The van der Waals surface area contributed by atoms with Crippen LogP contribution in [0.5, 0.6) is 0 Å². The van der Waals surface area contributed by atoms with Crippen LogP contribution < -0.4 is 5.32 Å². The number of anilines is 1. The zero-order valence-corrected chi connectivity index (χ0v) is 9.71. The van der Waals surface area contributed by atoms with Crippen molar-refractivity contribution in [2.45, 2.75) is 13.8 Å². The molecule has 82 valence electrons. The van der Waals surface area contributed by atoms with Crippen LogP contribution in [0.1, 0.15) is 21.1 Å². The summed E-state index contributed by atoms with van der Waals surface area (Å²) in [5.41, 5.74) is 1.22. The van der Waals surface area contributed by atoms with Crippen molar-refractivity contribution in [3.63, 3.8) is 0 Å². The van der Waals surface area contributed by atoms with Crippen molar-refractivity contribution in [3.05, 3.63) is 34.9 Å². The molecule has 6 heteroatoms. The summed E-state index contributed by atoms with van der Waals surface area (Å²) >= 11 is 1.45. The first-order valence-electron chi connectivity index (χ1n) is 4.68. The van der Waals surface area contributed by atoms with Gasteiger partial charge in [0.25, 0.3) is 5.91 Å². The molecule has 0 bridgehead atoms. The van der Waals surface area contributed by atoms with E-state index in [4.69, 9.17) is 0 Å². The molecule has 0 aliphatic rings. The second-order valence-corrected chi connectivity index (χ2v) is 4.41. The van der Waals surface area contributed by atoms with Crippen LogP contribution in [-0.2, 0) is 0 Å². The quantitative estimate of drug-likeness (QED) is 0.860. The lowest BCUT2D eigenvalue weighted by Gasteiger charge is -1.98.